The van der Waals surface area contributed by atoms with Gasteiger partial charge in [0.2, 0.25) is 0 Å². The summed E-state index contributed by atoms with van der Waals surface area (Å²) in [5.41, 5.74) is 1.04. The molecule has 0 bridgehead atoms. The lowest BCUT2D eigenvalue weighted by molar-refractivity contribution is 0.0697. The van der Waals surface area contributed by atoms with E-state index in [1.165, 1.54) is 0 Å². The Morgan fingerprint density at radius 1 is 1.26 bits per heavy atom. The Morgan fingerprint density at radius 2 is 2.11 bits per heavy atom. The Morgan fingerprint density at radius 3 is 2.95 bits per heavy atom. The molecule has 0 amide bonds. The molecule has 2 aromatic rings. The van der Waals surface area contributed by atoms with E-state index in [1.807, 2.05) is 29.2 Å². The average molecular weight is 256 g/mol. The van der Waals surface area contributed by atoms with Crippen LogP contribution >= 0.6 is 0 Å². The molecular weight excluding hydrogens is 244 g/mol. The predicted molar refractivity (Wildman–Crippen MR) is 70.1 cm³/mol. The number of benzene rings is 1. The number of carboxylic acid groups (broad SMARTS) is 1. The van der Waals surface area contributed by atoms with Crippen molar-refractivity contribution in [3.63, 3.8) is 0 Å². The van der Waals surface area contributed by atoms with Gasteiger partial charge in [0.1, 0.15) is 23.7 Å². The number of hydrogen-bond acceptors (Lipinski definition) is 4. The van der Waals surface area contributed by atoms with Crippen LogP contribution in [0.1, 0.15) is 10.4 Å². The van der Waals surface area contributed by atoms with E-state index in [1.54, 1.807) is 18.3 Å². The summed E-state index contributed by atoms with van der Waals surface area (Å²) < 4.78 is 5.56. The molecular formula is C14H12N2O3. The van der Waals surface area contributed by atoms with E-state index in [9.17, 15) is 9.90 Å². The normalized spacial score (nSPS) is 13.6. The highest BCUT2D eigenvalue weighted by Gasteiger charge is 2.23. The number of carbonyl (C=O) groups is 1. The van der Waals surface area contributed by atoms with Crippen molar-refractivity contribution in [2.45, 2.75) is 0 Å². The molecule has 1 aromatic heterocycles. The van der Waals surface area contributed by atoms with E-state index in [0.717, 1.165) is 11.4 Å². The van der Waals surface area contributed by atoms with Crippen LogP contribution in [0.25, 0.3) is 0 Å². The summed E-state index contributed by atoms with van der Waals surface area (Å²) in [5.74, 6) is 0.216. The highest BCUT2D eigenvalue weighted by Crippen LogP contribution is 2.36. The molecule has 0 fully saturated rings. The Kier molecular flexibility index (Phi) is 2.79. The molecule has 1 aliphatic rings. The molecule has 0 radical (unpaired) electrons. The zero-order valence-electron chi connectivity index (χ0n) is 10.1. The minimum absolute atomic E-state index is 0.194. The van der Waals surface area contributed by atoms with E-state index < -0.39 is 5.97 Å². The predicted octanol–water partition coefficient (Wildman–Crippen LogP) is 2.31. The van der Waals surface area contributed by atoms with Crippen molar-refractivity contribution < 1.29 is 14.6 Å². The quantitative estimate of drug-likeness (QED) is 0.893. The molecule has 0 saturated carbocycles. The lowest BCUT2D eigenvalue weighted by Gasteiger charge is -2.30. The van der Waals surface area contributed by atoms with Gasteiger partial charge >= 0.3 is 5.97 Å². The van der Waals surface area contributed by atoms with Gasteiger partial charge in [0, 0.05) is 6.20 Å². The Bertz CT molecular complexity index is 628. The monoisotopic (exact) mass is 256 g/mol. The highest BCUT2D eigenvalue weighted by molar-refractivity contribution is 5.94. The Labute approximate surface area is 110 Å². The van der Waals surface area contributed by atoms with Crippen molar-refractivity contribution in [3.8, 4) is 5.75 Å². The smallest absolute Gasteiger partial charge is 0.339 e. The molecule has 1 aromatic carbocycles. The number of fused-ring (bicyclic) bond motifs is 1. The summed E-state index contributed by atoms with van der Waals surface area (Å²) in [5, 5.41) is 9.25. The van der Waals surface area contributed by atoms with Crippen molar-refractivity contribution in [2.75, 3.05) is 18.1 Å². The van der Waals surface area contributed by atoms with E-state index >= 15 is 0 Å². The van der Waals surface area contributed by atoms with Crippen molar-refractivity contribution in [1.82, 2.24) is 4.98 Å². The first kappa shape index (κ1) is 11.5. The van der Waals surface area contributed by atoms with Gasteiger partial charge in [-0.2, -0.15) is 0 Å². The van der Waals surface area contributed by atoms with Crippen LogP contribution in [0.5, 0.6) is 5.75 Å². The molecule has 3 rings (SSSR count). The number of aromatic carboxylic acids is 1. The SMILES string of the molecule is O=C(O)c1cccnc1N1CCOc2ccccc21. The number of rotatable bonds is 2. The zero-order valence-corrected chi connectivity index (χ0v) is 10.1. The molecule has 0 atom stereocenters. The summed E-state index contributed by atoms with van der Waals surface area (Å²) in [7, 11) is 0. The molecule has 1 N–H and O–H groups in total. The first-order valence-electron chi connectivity index (χ1n) is 5.95. The number of anilines is 2. The minimum atomic E-state index is -0.980. The molecule has 1 aliphatic heterocycles. The largest absolute Gasteiger partial charge is 0.490 e. The minimum Gasteiger partial charge on any atom is -0.490 e. The van der Waals surface area contributed by atoms with E-state index in [0.29, 0.717) is 19.0 Å². The van der Waals surface area contributed by atoms with Gasteiger partial charge < -0.3 is 14.7 Å². The molecule has 2 heterocycles. The molecule has 0 aliphatic carbocycles. The Hall–Kier alpha value is -2.56. The fourth-order valence-electron chi connectivity index (χ4n) is 2.17. The molecule has 5 heteroatoms. The van der Waals surface area contributed by atoms with E-state index in [4.69, 9.17) is 4.74 Å². The van der Waals surface area contributed by atoms with Crippen molar-refractivity contribution >= 4 is 17.5 Å². The summed E-state index contributed by atoms with van der Waals surface area (Å²) in [6.45, 7) is 1.08. The van der Waals surface area contributed by atoms with Gasteiger partial charge in [0.05, 0.1) is 12.2 Å². The first-order chi connectivity index (χ1) is 9.27. The maximum absolute atomic E-state index is 11.3. The molecule has 5 nitrogen and oxygen atoms in total. The molecule has 0 saturated heterocycles. The number of aromatic nitrogens is 1. The van der Waals surface area contributed by atoms with Crippen LogP contribution in [0.15, 0.2) is 42.6 Å². The average Bonchev–Trinajstić information content (AvgIpc) is 2.46. The van der Waals surface area contributed by atoms with Crippen LogP contribution in [0, 0.1) is 0 Å². The number of carboxylic acids is 1. The van der Waals surface area contributed by atoms with Crippen molar-refractivity contribution in [3.05, 3.63) is 48.2 Å². The van der Waals surface area contributed by atoms with Crippen LogP contribution in [-0.4, -0.2) is 29.2 Å². The second-order valence-corrected chi connectivity index (χ2v) is 4.15. The fourth-order valence-corrected chi connectivity index (χ4v) is 2.17. The molecule has 96 valence electrons. The van der Waals surface area contributed by atoms with Gasteiger partial charge in [-0.05, 0) is 24.3 Å². The van der Waals surface area contributed by atoms with E-state index in [2.05, 4.69) is 4.98 Å². The fraction of sp³-hybridized carbons (Fsp3) is 0.143. The third kappa shape index (κ3) is 1.99. The second-order valence-electron chi connectivity index (χ2n) is 4.15. The van der Waals surface area contributed by atoms with Crippen LogP contribution in [0.2, 0.25) is 0 Å². The summed E-state index contributed by atoms with van der Waals surface area (Å²) in [4.78, 5) is 17.4. The van der Waals surface area contributed by atoms with Gasteiger partial charge in [-0.3, -0.25) is 0 Å². The molecule has 0 unspecified atom stereocenters. The van der Waals surface area contributed by atoms with Crippen LogP contribution in [0.4, 0.5) is 11.5 Å². The number of para-hydroxylation sites is 2. The topological polar surface area (TPSA) is 62.7 Å². The second kappa shape index (κ2) is 4.61. The van der Waals surface area contributed by atoms with Crippen molar-refractivity contribution in [2.24, 2.45) is 0 Å². The van der Waals surface area contributed by atoms with Crippen LogP contribution in [-0.2, 0) is 0 Å². The third-order valence-electron chi connectivity index (χ3n) is 3.00. The summed E-state index contributed by atoms with van der Waals surface area (Å²) in [6, 6.07) is 10.7. The lowest BCUT2D eigenvalue weighted by atomic mass is 10.2. The summed E-state index contributed by atoms with van der Waals surface area (Å²) >= 11 is 0. The number of pyridine rings is 1. The van der Waals surface area contributed by atoms with Gasteiger partial charge in [0.25, 0.3) is 0 Å². The summed E-state index contributed by atoms with van der Waals surface area (Å²) in [6.07, 6.45) is 1.60. The van der Waals surface area contributed by atoms with Crippen LogP contribution in [0.3, 0.4) is 0 Å². The maximum atomic E-state index is 11.3. The highest BCUT2D eigenvalue weighted by atomic mass is 16.5. The van der Waals surface area contributed by atoms with E-state index in [-0.39, 0.29) is 5.56 Å². The third-order valence-corrected chi connectivity index (χ3v) is 3.00. The maximum Gasteiger partial charge on any atom is 0.339 e. The van der Waals surface area contributed by atoms with Gasteiger partial charge in [0.15, 0.2) is 0 Å². The number of ether oxygens (including phenoxy) is 1. The standard InChI is InChI=1S/C14H12N2O3/c17-14(18)10-4-3-7-15-13(10)16-8-9-19-12-6-2-1-5-11(12)16/h1-7H,8-9H2,(H,17,18). The Balaban J connectivity index is 2.12. The zero-order chi connectivity index (χ0) is 13.2. The number of nitrogens with zero attached hydrogens (tertiary/aromatic N) is 2. The first-order valence-corrected chi connectivity index (χ1v) is 5.95. The van der Waals surface area contributed by atoms with Crippen LogP contribution < -0.4 is 9.64 Å². The molecule has 19 heavy (non-hydrogen) atoms. The van der Waals surface area contributed by atoms with Gasteiger partial charge in [-0.25, -0.2) is 9.78 Å². The van der Waals surface area contributed by atoms with Gasteiger partial charge in [-0.1, -0.05) is 12.1 Å². The molecule has 0 spiro atoms. The number of hydrogen-bond donors (Lipinski definition) is 1. The van der Waals surface area contributed by atoms with Gasteiger partial charge in [-0.15, -0.1) is 0 Å². The lowest BCUT2D eigenvalue weighted by Crippen LogP contribution is -2.30. The van der Waals surface area contributed by atoms with Crippen molar-refractivity contribution in [1.29, 1.82) is 0 Å².